The van der Waals surface area contributed by atoms with E-state index in [-0.39, 0.29) is 11.7 Å². The van der Waals surface area contributed by atoms with E-state index in [0.717, 1.165) is 55.3 Å². The van der Waals surface area contributed by atoms with E-state index in [9.17, 15) is 9.18 Å². The van der Waals surface area contributed by atoms with E-state index < -0.39 is 0 Å². The minimum absolute atomic E-state index is 0.0706. The maximum atomic E-state index is 13.1. The zero-order chi connectivity index (χ0) is 22.1. The molecular formula is C24H33FN3O3+. The predicted octanol–water partition coefficient (Wildman–Crippen LogP) is 1.69. The molecule has 1 aliphatic heterocycles. The number of amides is 1. The Labute approximate surface area is 183 Å². The SMILES string of the molecule is CCOc1ccc(CCNC(=O)C[NH+]2CCN(c3ccc(F)cc3)CC2)cc1OCC. The van der Waals surface area contributed by atoms with Crippen molar-refractivity contribution in [2.75, 3.05) is 57.4 Å². The predicted molar refractivity (Wildman–Crippen MR) is 120 cm³/mol. The molecule has 2 aromatic carbocycles. The second-order valence-electron chi connectivity index (χ2n) is 7.64. The number of benzene rings is 2. The molecule has 0 atom stereocenters. The zero-order valence-corrected chi connectivity index (χ0v) is 18.5. The largest absolute Gasteiger partial charge is 0.490 e. The molecule has 0 saturated carbocycles. The average molecular weight is 431 g/mol. The molecule has 7 heteroatoms. The molecule has 1 aliphatic rings. The normalized spacial score (nSPS) is 14.4. The number of nitrogens with one attached hydrogen (secondary N) is 2. The van der Waals surface area contributed by atoms with Gasteiger partial charge in [0.15, 0.2) is 18.0 Å². The van der Waals surface area contributed by atoms with Crippen LogP contribution in [0.1, 0.15) is 19.4 Å². The van der Waals surface area contributed by atoms with Gasteiger partial charge in [-0.15, -0.1) is 0 Å². The number of hydrogen-bond acceptors (Lipinski definition) is 4. The fourth-order valence-electron chi connectivity index (χ4n) is 3.80. The van der Waals surface area contributed by atoms with Gasteiger partial charge in [-0.2, -0.15) is 0 Å². The van der Waals surface area contributed by atoms with Crippen molar-refractivity contribution in [3.63, 3.8) is 0 Å². The number of ether oxygens (including phenoxy) is 2. The number of carbonyl (C=O) groups excluding carboxylic acids is 1. The van der Waals surface area contributed by atoms with Gasteiger partial charge in [-0.05, 0) is 62.2 Å². The van der Waals surface area contributed by atoms with Crippen LogP contribution in [0.15, 0.2) is 42.5 Å². The van der Waals surface area contributed by atoms with Gasteiger partial charge in [0, 0.05) is 12.2 Å². The Morgan fingerprint density at radius 3 is 2.39 bits per heavy atom. The van der Waals surface area contributed by atoms with Crippen molar-refractivity contribution in [2.45, 2.75) is 20.3 Å². The van der Waals surface area contributed by atoms with Crippen molar-refractivity contribution in [2.24, 2.45) is 0 Å². The first kappa shape index (κ1) is 22.9. The quantitative estimate of drug-likeness (QED) is 0.602. The summed E-state index contributed by atoms with van der Waals surface area (Å²) in [7, 11) is 0. The summed E-state index contributed by atoms with van der Waals surface area (Å²) in [5.41, 5.74) is 2.14. The molecule has 3 rings (SSSR count). The molecule has 1 heterocycles. The highest BCUT2D eigenvalue weighted by molar-refractivity contribution is 5.76. The number of quaternary nitrogens is 1. The summed E-state index contributed by atoms with van der Waals surface area (Å²) in [6.07, 6.45) is 0.742. The number of hydrogen-bond donors (Lipinski definition) is 2. The highest BCUT2D eigenvalue weighted by atomic mass is 19.1. The Balaban J connectivity index is 1.40. The summed E-state index contributed by atoms with van der Waals surface area (Å²) >= 11 is 0. The van der Waals surface area contributed by atoms with Crippen LogP contribution < -0.4 is 24.6 Å². The van der Waals surface area contributed by atoms with Crippen molar-refractivity contribution >= 4 is 11.6 Å². The third-order valence-corrected chi connectivity index (χ3v) is 5.42. The lowest BCUT2D eigenvalue weighted by atomic mass is 10.1. The Kier molecular flexibility index (Phi) is 8.53. The number of carbonyl (C=O) groups is 1. The van der Waals surface area contributed by atoms with Crippen LogP contribution in [0, 0.1) is 5.82 Å². The molecule has 0 unspecified atom stereocenters. The fourth-order valence-corrected chi connectivity index (χ4v) is 3.80. The molecule has 2 N–H and O–H groups in total. The summed E-state index contributed by atoms with van der Waals surface area (Å²) in [5, 5.41) is 3.03. The Morgan fingerprint density at radius 1 is 1.03 bits per heavy atom. The molecule has 0 radical (unpaired) electrons. The zero-order valence-electron chi connectivity index (χ0n) is 18.5. The molecule has 168 valence electrons. The number of piperazine rings is 1. The van der Waals surface area contributed by atoms with Gasteiger partial charge in [0.1, 0.15) is 5.82 Å². The van der Waals surface area contributed by atoms with Gasteiger partial charge in [0.25, 0.3) is 5.91 Å². The number of nitrogens with zero attached hydrogens (tertiary/aromatic N) is 1. The van der Waals surface area contributed by atoms with Crippen molar-refractivity contribution in [1.29, 1.82) is 0 Å². The van der Waals surface area contributed by atoms with Crippen LogP contribution >= 0.6 is 0 Å². The van der Waals surface area contributed by atoms with Crippen LogP contribution in [0.4, 0.5) is 10.1 Å². The van der Waals surface area contributed by atoms with Gasteiger partial charge in [0.05, 0.1) is 39.4 Å². The van der Waals surface area contributed by atoms with E-state index in [0.29, 0.717) is 26.3 Å². The lowest BCUT2D eigenvalue weighted by Gasteiger charge is -2.33. The van der Waals surface area contributed by atoms with Crippen LogP contribution in [0.25, 0.3) is 0 Å². The Morgan fingerprint density at radius 2 is 1.71 bits per heavy atom. The van der Waals surface area contributed by atoms with Crippen molar-refractivity contribution in [1.82, 2.24) is 5.32 Å². The van der Waals surface area contributed by atoms with E-state index in [1.54, 1.807) is 0 Å². The maximum absolute atomic E-state index is 13.1. The maximum Gasteiger partial charge on any atom is 0.275 e. The monoisotopic (exact) mass is 430 g/mol. The van der Waals surface area contributed by atoms with Crippen LogP contribution in [0.2, 0.25) is 0 Å². The number of anilines is 1. The molecule has 1 fully saturated rings. The highest BCUT2D eigenvalue weighted by Gasteiger charge is 2.22. The van der Waals surface area contributed by atoms with Crippen LogP contribution in [-0.2, 0) is 11.2 Å². The summed E-state index contributed by atoms with van der Waals surface area (Å²) in [6.45, 7) is 9.64. The van der Waals surface area contributed by atoms with Crippen LogP contribution in [0.3, 0.4) is 0 Å². The summed E-state index contributed by atoms with van der Waals surface area (Å²) < 4.78 is 24.4. The molecule has 0 spiro atoms. The number of rotatable bonds is 10. The first-order valence-corrected chi connectivity index (χ1v) is 11.1. The molecule has 2 aromatic rings. The summed E-state index contributed by atoms with van der Waals surface area (Å²) in [5.74, 6) is 1.35. The van der Waals surface area contributed by atoms with Gasteiger partial charge in [-0.1, -0.05) is 6.07 Å². The number of halogens is 1. The molecule has 31 heavy (non-hydrogen) atoms. The van der Waals surface area contributed by atoms with Gasteiger partial charge in [-0.25, -0.2) is 4.39 Å². The van der Waals surface area contributed by atoms with Crippen molar-refractivity contribution in [3.8, 4) is 11.5 Å². The van der Waals surface area contributed by atoms with E-state index in [1.165, 1.54) is 17.0 Å². The van der Waals surface area contributed by atoms with Gasteiger partial charge in [0.2, 0.25) is 0 Å². The second-order valence-corrected chi connectivity index (χ2v) is 7.64. The second kappa shape index (κ2) is 11.6. The smallest absolute Gasteiger partial charge is 0.275 e. The van der Waals surface area contributed by atoms with Gasteiger partial charge >= 0.3 is 0 Å². The van der Waals surface area contributed by atoms with Crippen molar-refractivity contribution < 1.29 is 23.6 Å². The van der Waals surface area contributed by atoms with Crippen LogP contribution in [-0.4, -0.2) is 58.4 Å². The fraction of sp³-hybridized carbons (Fsp3) is 0.458. The Hall–Kier alpha value is -2.80. The average Bonchev–Trinajstić information content (AvgIpc) is 2.77. The lowest BCUT2D eigenvalue weighted by molar-refractivity contribution is -0.892. The lowest BCUT2D eigenvalue weighted by Crippen LogP contribution is -3.16. The molecule has 6 nitrogen and oxygen atoms in total. The molecule has 1 amide bonds. The minimum Gasteiger partial charge on any atom is -0.490 e. The topological polar surface area (TPSA) is 55.2 Å². The molecular weight excluding hydrogens is 397 g/mol. The first-order valence-electron chi connectivity index (χ1n) is 11.1. The highest BCUT2D eigenvalue weighted by Crippen LogP contribution is 2.28. The van der Waals surface area contributed by atoms with E-state index in [2.05, 4.69) is 10.2 Å². The van der Waals surface area contributed by atoms with E-state index >= 15 is 0 Å². The minimum atomic E-state index is -0.218. The molecule has 0 aliphatic carbocycles. The van der Waals surface area contributed by atoms with Gasteiger partial charge in [-0.3, -0.25) is 4.79 Å². The summed E-state index contributed by atoms with van der Waals surface area (Å²) in [6, 6.07) is 12.5. The van der Waals surface area contributed by atoms with Crippen molar-refractivity contribution in [3.05, 3.63) is 53.8 Å². The third-order valence-electron chi connectivity index (χ3n) is 5.42. The molecule has 0 aromatic heterocycles. The first-order chi connectivity index (χ1) is 15.1. The van der Waals surface area contributed by atoms with E-state index in [1.807, 2.05) is 44.2 Å². The van der Waals surface area contributed by atoms with Crippen LogP contribution in [0.5, 0.6) is 11.5 Å². The Bertz CT molecular complexity index is 836. The van der Waals surface area contributed by atoms with E-state index in [4.69, 9.17) is 9.47 Å². The standard InChI is InChI=1S/C24H32FN3O3/c1-3-30-22-10-5-19(17-23(22)31-4-2)11-12-26-24(29)18-27-13-15-28(16-14-27)21-8-6-20(25)7-9-21/h5-10,17H,3-4,11-16,18H2,1-2H3,(H,26,29)/p+1. The summed E-state index contributed by atoms with van der Waals surface area (Å²) in [4.78, 5) is 15.9. The molecule has 1 saturated heterocycles. The third kappa shape index (κ3) is 6.85. The molecule has 0 bridgehead atoms. The van der Waals surface area contributed by atoms with Gasteiger partial charge < -0.3 is 24.6 Å².